The third-order valence-corrected chi connectivity index (χ3v) is 1.96. The molecule has 0 aliphatic carbocycles. The van der Waals surface area contributed by atoms with E-state index in [0.29, 0.717) is 6.54 Å². The van der Waals surface area contributed by atoms with Crippen molar-refractivity contribution < 1.29 is 14.7 Å². The minimum Gasteiger partial charge on any atom is -0.478 e. The van der Waals surface area contributed by atoms with Gasteiger partial charge in [0.25, 0.3) is 0 Å². The molecule has 4 heteroatoms. The van der Waals surface area contributed by atoms with Gasteiger partial charge in [0, 0.05) is 18.7 Å². The van der Waals surface area contributed by atoms with Gasteiger partial charge in [0.1, 0.15) is 0 Å². The smallest absolute Gasteiger partial charge is 0.328 e. The standard InChI is InChI=1S/C12H19NO3/c1-2-3-4-5-6-7-10-13-11(14)8-9-12(15)16/h2-3,8-9H,4-7,10H2,1H3,(H,13,14)(H,15,16)/b3-2+,9-8+. The fraction of sp³-hybridized carbons (Fsp3) is 0.500. The monoisotopic (exact) mass is 225 g/mol. The van der Waals surface area contributed by atoms with E-state index in [1.165, 1.54) is 0 Å². The average Bonchev–Trinajstić information content (AvgIpc) is 2.25. The molecule has 0 radical (unpaired) electrons. The van der Waals surface area contributed by atoms with Crippen LogP contribution in [0.15, 0.2) is 24.3 Å². The van der Waals surface area contributed by atoms with Crippen molar-refractivity contribution >= 4 is 11.9 Å². The Morgan fingerprint density at radius 3 is 2.56 bits per heavy atom. The maximum atomic E-state index is 11.0. The number of carboxylic acids is 1. The number of unbranched alkanes of at least 4 members (excludes halogenated alkanes) is 3. The van der Waals surface area contributed by atoms with Gasteiger partial charge in [-0.2, -0.15) is 0 Å². The lowest BCUT2D eigenvalue weighted by Crippen LogP contribution is -2.22. The van der Waals surface area contributed by atoms with Gasteiger partial charge in [-0.15, -0.1) is 0 Å². The second-order valence-corrected chi connectivity index (χ2v) is 3.38. The predicted octanol–water partition coefficient (Wildman–Crippen LogP) is 1.88. The van der Waals surface area contributed by atoms with Crippen LogP contribution in [0.4, 0.5) is 0 Å². The molecule has 16 heavy (non-hydrogen) atoms. The van der Waals surface area contributed by atoms with Crippen LogP contribution < -0.4 is 5.32 Å². The van der Waals surface area contributed by atoms with Crippen LogP contribution in [0, 0.1) is 0 Å². The summed E-state index contributed by atoms with van der Waals surface area (Å²) < 4.78 is 0. The number of rotatable bonds is 8. The summed E-state index contributed by atoms with van der Waals surface area (Å²) in [5, 5.41) is 10.9. The van der Waals surface area contributed by atoms with Crippen LogP contribution in [0.2, 0.25) is 0 Å². The highest BCUT2D eigenvalue weighted by molar-refractivity contribution is 5.93. The van der Waals surface area contributed by atoms with Crippen molar-refractivity contribution in [2.45, 2.75) is 32.6 Å². The Labute approximate surface area is 96.0 Å². The highest BCUT2D eigenvalue weighted by Gasteiger charge is 1.95. The summed E-state index contributed by atoms with van der Waals surface area (Å²) in [5.74, 6) is -1.46. The molecule has 90 valence electrons. The zero-order valence-electron chi connectivity index (χ0n) is 9.61. The number of nitrogens with one attached hydrogen (secondary N) is 1. The lowest BCUT2D eigenvalue weighted by Gasteiger charge is -2.00. The first-order valence-corrected chi connectivity index (χ1v) is 5.47. The van der Waals surface area contributed by atoms with Crippen molar-refractivity contribution in [3.05, 3.63) is 24.3 Å². The van der Waals surface area contributed by atoms with E-state index in [-0.39, 0.29) is 5.91 Å². The molecule has 0 heterocycles. The molecule has 0 rings (SSSR count). The molecule has 0 fully saturated rings. The van der Waals surface area contributed by atoms with Crippen LogP contribution in [-0.4, -0.2) is 23.5 Å². The van der Waals surface area contributed by atoms with Crippen molar-refractivity contribution in [3.63, 3.8) is 0 Å². The Hall–Kier alpha value is -1.58. The molecule has 0 aliphatic heterocycles. The summed E-state index contributed by atoms with van der Waals surface area (Å²) in [5.41, 5.74) is 0. The number of hydrogen-bond acceptors (Lipinski definition) is 2. The molecule has 0 aromatic rings. The van der Waals surface area contributed by atoms with Crippen molar-refractivity contribution in [3.8, 4) is 0 Å². The number of aliphatic carboxylic acids is 1. The summed E-state index contributed by atoms with van der Waals surface area (Å²) in [6.07, 6.45) is 10.2. The first-order chi connectivity index (χ1) is 7.66. The van der Waals surface area contributed by atoms with Gasteiger partial charge in [0.15, 0.2) is 0 Å². The number of carbonyl (C=O) groups is 2. The van der Waals surface area contributed by atoms with Crippen molar-refractivity contribution in [2.24, 2.45) is 0 Å². The first kappa shape index (κ1) is 14.4. The van der Waals surface area contributed by atoms with Gasteiger partial charge in [0.2, 0.25) is 5.91 Å². The van der Waals surface area contributed by atoms with Gasteiger partial charge in [-0.05, 0) is 26.2 Å². The minimum atomic E-state index is -1.11. The molecule has 0 aromatic heterocycles. The lowest BCUT2D eigenvalue weighted by molar-refractivity contribution is -0.131. The molecule has 0 aliphatic rings. The van der Waals surface area contributed by atoms with E-state index in [1.54, 1.807) is 0 Å². The third kappa shape index (κ3) is 10.5. The lowest BCUT2D eigenvalue weighted by atomic mass is 10.2. The summed E-state index contributed by atoms with van der Waals surface area (Å²) >= 11 is 0. The van der Waals surface area contributed by atoms with E-state index in [9.17, 15) is 9.59 Å². The van der Waals surface area contributed by atoms with Gasteiger partial charge in [-0.25, -0.2) is 4.79 Å². The fourth-order valence-corrected chi connectivity index (χ4v) is 1.15. The van der Waals surface area contributed by atoms with Crippen LogP contribution in [0.25, 0.3) is 0 Å². The Bertz CT molecular complexity index is 269. The number of hydrogen-bond donors (Lipinski definition) is 2. The molecule has 0 bridgehead atoms. The number of amides is 1. The predicted molar refractivity (Wildman–Crippen MR) is 63.1 cm³/mol. The molecule has 0 unspecified atom stereocenters. The summed E-state index contributed by atoms with van der Waals surface area (Å²) in [6.45, 7) is 2.59. The van der Waals surface area contributed by atoms with E-state index in [4.69, 9.17) is 5.11 Å². The van der Waals surface area contributed by atoms with Gasteiger partial charge >= 0.3 is 5.97 Å². The highest BCUT2D eigenvalue weighted by Crippen LogP contribution is 1.99. The van der Waals surface area contributed by atoms with Crippen LogP contribution in [0.3, 0.4) is 0 Å². The SMILES string of the molecule is C/C=C/CCCCCNC(=O)/C=C/C(=O)O. The second-order valence-electron chi connectivity index (χ2n) is 3.38. The van der Waals surface area contributed by atoms with Gasteiger partial charge in [-0.1, -0.05) is 18.6 Å². The van der Waals surface area contributed by atoms with E-state index in [2.05, 4.69) is 11.4 Å². The number of carboxylic acid groups (broad SMARTS) is 1. The van der Waals surface area contributed by atoms with Crippen LogP contribution in [0.5, 0.6) is 0 Å². The van der Waals surface area contributed by atoms with Crippen LogP contribution in [-0.2, 0) is 9.59 Å². The number of allylic oxidation sites excluding steroid dienone is 2. The Balaban J connectivity index is 3.38. The Morgan fingerprint density at radius 1 is 1.19 bits per heavy atom. The zero-order chi connectivity index (χ0) is 12.2. The second kappa shape index (κ2) is 9.96. The molecular weight excluding hydrogens is 206 g/mol. The molecule has 1 amide bonds. The maximum absolute atomic E-state index is 11.0. The zero-order valence-corrected chi connectivity index (χ0v) is 9.61. The topological polar surface area (TPSA) is 66.4 Å². The molecule has 0 atom stereocenters. The first-order valence-electron chi connectivity index (χ1n) is 5.47. The molecule has 0 spiro atoms. The average molecular weight is 225 g/mol. The van der Waals surface area contributed by atoms with Gasteiger partial charge in [-0.3, -0.25) is 4.79 Å². The van der Waals surface area contributed by atoms with Crippen molar-refractivity contribution in [1.82, 2.24) is 5.32 Å². The minimum absolute atomic E-state index is 0.351. The molecule has 0 saturated heterocycles. The maximum Gasteiger partial charge on any atom is 0.328 e. The van der Waals surface area contributed by atoms with E-state index in [1.807, 2.05) is 13.0 Å². The number of carbonyl (C=O) groups excluding carboxylic acids is 1. The van der Waals surface area contributed by atoms with E-state index < -0.39 is 5.97 Å². The van der Waals surface area contributed by atoms with Crippen LogP contribution in [0.1, 0.15) is 32.6 Å². The van der Waals surface area contributed by atoms with Gasteiger partial charge < -0.3 is 10.4 Å². The molecule has 4 nitrogen and oxygen atoms in total. The normalized spacial score (nSPS) is 11.1. The Morgan fingerprint density at radius 2 is 1.94 bits per heavy atom. The molecule has 0 saturated carbocycles. The van der Waals surface area contributed by atoms with Gasteiger partial charge in [0.05, 0.1) is 0 Å². The summed E-state index contributed by atoms with van der Waals surface area (Å²) in [6, 6.07) is 0. The van der Waals surface area contributed by atoms with Crippen molar-refractivity contribution in [2.75, 3.05) is 6.54 Å². The van der Waals surface area contributed by atoms with E-state index >= 15 is 0 Å². The molecular formula is C12H19NO3. The third-order valence-electron chi connectivity index (χ3n) is 1.96. The largest absolute Gasteiger partial charge is 0.478 e. The summed E-state index contributed by atoms with van der Waals surface area (Å²) in [4.78, 5) is 21.1. The van der Waals surface area contributed by atoms with Crippen molar-refractivity contribution in [1.29, 1.82) is 0 Å². The summed E-state index contributed by atoms with van der Waals surface area (Å²) in [7, 11) is 0. The quantitative estimate of drug-likeness (QED) is 0.376. The Kier molecular flexibility index (Phi) is 8.97. The highest BCUT2D eigenvalue weighted by atomic mass is 16.4. The fourth-order valence-electron chi connectivity index (χ4n) is 1.15. The molecule has 0 aromatic carbocycles. The van der Waals surface area contributed by atoms with E-state index in [0.717, 1.165) is 37.8 Å². The van der Waals surface area contributed by atoms with Crippen LogP contribution >= 0.6 is 0 Å². The molecule has 2 N–H and O–H groups in total.